The van der Waals surface area contributed by atoms with Gasteiger partial charge in [0.2, 0.25) is 10.0 Å². The van der Waals surface area contributed by atoms with E-state index in [2.05, 4.69) is 14.9 Å². The fourth-order valence-corrected chi connectivity index (χ4v) is 5.31. The fraction of sp³-hybridized carbons (Fsp3) is 0.345. The van der Waals surface area contributed by atoms with Gasteiger partial charge in [0.1, 0.15) is 0 Å². The molecule has 0 bridgehead atoms. The smallest absolute Gasteiger partial charge is 0.255 e. The lowest BCUT2D eigenvalue weighted by atomic mass is 9.84. The zero-order valence-electron chi connectivity index (χ0n) is 22.1. The van der Waals surface area contributed by atoms with Crippen LogP contribution >= 0.6 is 11.6 Å². The van der Waals surface area contributed by atoms with Crippen LogP contribution in [0.1, 0.15) is 55.1 Å². The molecule has 3 aromatic carbocycles. The SMILES string of the molecule is Cc1cc(C(=O)Nc2ccc(N3CCC(O)(c4ccc(Cl)cc4)CC3)cc2)ccc1NS(=O)(=O)C(C)(C)C. The third-order valence-electron chi connectivity index (χ3n) is 7.00. The average molecular weight is 556 g/mol. The number of carbonyl (C=O) groups excluding carboxylic acids is 1. The molecular weight excluding hydrogens is 522 g/mol. The minimum atomic E-state index is -3.56. The second kappa shape index (κ2) is 10.6. The van der Waals surface area contributed by atoms with Crippen molar-refractivity contribution >= 4 is 44.6 Å². The van der Waals surface area contributed by atoms with E-state index < -0.39 is 20.4 Å². The first-order valence-electron chi connectivity index (χ1n) is 12.6. The van der Waals surface area contributed by atoms with Crippen molar-refractivity contribution in [3.05, 3.63) is 88.4 Å². The standard InChI is InChI=1S/C29H34ClN3O4S/c1-20-19-21(5-14-26(20)32-38(36,37)28(2,3)4)27(34)31-24-10-12-25(13-11-24)33-17-15-29(35,16-18-33)22-6-8-23(30)9-7-22/h5-14,19,32,35H,15-18H2,1-4H3,(H,31,34). The van der Waals surface area contributed by atoms with Crippen LogP contribution in [0.5, 0.6) is 0 Å². The second-order valence-corrected chi connectivity index (χ2v) is 13.6. The van der Waals surface area contributed by atoms with Crippen LogP contribution < -0.4 is 14.9 Å². The molecule has 3 aromatic rings. The predicted molar refractivity (Wildman–Crippen MR) is 155 cm³/mol. The van der Waals surface area contributed by atoms with Crippen LogP contribution in [0.15, 0.2) is 66.7 Å². The summed E-state index contributed by atoms with van der Waals surface area (Å²) in [6, 6.07) is 19.9. The van der Waals surface area contributed by atoms with Crippen molar-refractivity contribution in [3.63, 3.8) is 0 Å². The average Bonchev–Trinajstić information content (AvgIpc) is 2.86. The highest BCUT2D eigenvalue weighted by Gasteiger charge is 2.34. The first-order chi connectivity index (χ1) is 17.8. The van der Waals surface area contributed by atoms with Crippen LogP contribution in [-0.2, 0) is 15.6 Å². The van der Waals surface area contributed by atoms with Crippen LogP contribution in [0.25, 0.3) is 0 Å². The molecule has 0 saturated carbocycles. The van der Waals surface area contributed by atoms with Crippen LogP contribution in [0.4, 0.5) is 17.1 Å². The fourth-order valence-electron chi connectivity index (χ4n) is 4.36. The van der Waals surface area contributed by atoms with Gasteiger partial charge < -0.3 is 15.3 Å². The molecule has 202 valence electrons. The van der Waals surface area contributed by atoms with Gasteiger partial charge in [-0.15, -0.1) is 0 Å². The van der Waals surface area contributed by atoms with E-state index in [0.717, 1.165) is 11.3 Å². The summed E-state index contributed by atoms with van der Waals surface area (Å²) >= 11 is 5.99. The summed E-state index contributed by atoms with van der Waals surface area (Å²) in [5.74, 6) is -0.280. The lowest BCUT2D eigenvalue weighted by molar-refractivity contribution is 0.0118. The summed E-state index contributed by atoms with van der Waals surface area (Å²) in [5.41, 5.74) is 3.23. The third kappa shape index (κ3) is 6.14. The molecule has 1 aliphatic rings. The molecule has 4 rings (SSSR count). The first-order valence-corrected chi connectivity index (χ1v) is 14.4. The zero-order valence-corrected chi connectivity index (χ0v) is 23.7. The van der Waals surface area contributed by atoms with E-state index in [1.165, 1.54) is 0 Å². The summed E-state index contributed by atoms with van der Waals surface area (Å²) in [5, 5.41) is 14.7. The number of aryl methyl sites for hydroxylation is 1. The number of benzene rings is 3. The molecule has 0 spiro atoms. The summed E-state index contributed by atoms with van der Waals surface area (Å²) in [6.45, 7) is 8.06. The summed E-state index contributed by atoms with van der Waals surface area (Å²) in [7, 11) is -3.56. The van der Waals surface area contributed by atoms with Crippen molar-refractivity contribution in [3.8, 4) is 0 Å². The van der Waals surface area contributed by atoms with E-state index in [1.54, 1.807) is 58.0 Å². The van der Waals surface area contributed by atoms with Gasteiger partial charge >= 0.3 is 0 Å². The lowest BCUT2D eigenvalue weighted by Crippen LogP contribution is -2.42. The Kier molecular flexibility index (Phi) is 7.79. The van der Waals surface area contributed by atoms with Gasteiger partial charge in [0, 0.05) is 35.1 Å². The number of aliphatic hydroxyl groups is 1. The van der Waals surface area contributed by atoms with Crippen molar-refractivity contribution in [2.24, 2.45) is 0 Å². The Morgan fingerprint density at radius 3 is 2.13 bits per heavy atom. The number of sulfonamides is 1. The molecule has 1 fully saturated rings. The van der Waals surface area contributed by atoms with Gasteiger partial charge in [-0.1, -0.05) is 23.7 Å². The number of halogens is 1. The molecule has 0 atom stereocenters. The van der Waals surface area contributed by atoms with Gasteiger partial charge in [0.05, 0.1) is 16.0 Å². The molecule has 9 heteroatoms. The maximum atomic E-state index is 12.8. The third-order valence-corrected chi connectivity index (χ3v) is 9.35. The van der Waals surface area contributed by atoms with E-state index in [4.69, 9.17) is 11.6 Å². The van der Waals surface area contributed by atoms with E-state index in [1.807, 2.05) is 36.4 Å². The molecule has 0 radical (unpaired) electrons. The van der Waals surface area contributed by atoms with Crippen molar-refractivity contribution in [1.29, 1.82) is 0 Å². The van der Waals surface area contributed by atoms with E-state index in [9.17, 15) is 18.3 Å². The molecule has 1 heterocycles. The number of amides is 1. The number of nitrogens with zero attached hydrogens (tertiary/aromatic N) is 1. The molecule has 7 nitrogen and oxygen atoms in total. The molecule has 3 N–H and O–H groups in total. The second-order valence-electron chi connectivity index (χ2n) is 10.8. The van der Waals surface area contributed by atoms with Gasteiger partial charge in [-0.3, -0.25) is 9.52 Å². The highest BCUT2D eigenvalue weighted by molar-refractivity contribution is 7.94. The monoisotopic (exact) mass is 555 g/mol. The minimum Gasteiger partial charge on any atom is -0.385 e. The van der Waals surface area contributed by atoms with Gasteiger partial charge in [-0.25, -0.2) is 8.42 Å². The first kappa shape index (κ1) is 28.0. The van der Waals surface area contributed by atoms with Crippen molar-refractivity contribution in [1.82, 2.24) is 0 Å². The molecule has 0 aromatic heterocycles. The summed E-state index contributed by atoms with van der Waals surface area (Å²) in [4.78, 5) is 15.1. The van der Waals surface area contributed by atoms with Gasteiger partial charge in [-0.2, -0.15) is 0 Å². The van der Waals surface area contributed by atoms with E-state index in [0.29, 0.717) is 53.5 Å². The number of hydrogen-bond donors (Lipinski definition) is 3. The Bertz CT molecular complexity index is 1410. The molecule has 38 heavy (non-hydrogen) atoms. The Morgan fingerprint density at radius 2 is 1.58 bits per heavy atom. The van der Waals surface area contributed by atoms with Gasteiger partial charge in [0.25, 0.3) is 5.91 Å². The molecule has 1 aliphatic heterocycles. The van der Waals surface area contributed by atoms with Crippen LogP contribution in [0.2, 0.25) is 5.02 Å². The van der Waals surface area contributed by atoms with Crippen molar-refractivity contribution < 1.29 is 18.3 Å². The van der Waals surface area contributed by atoms with Crippen molar-refractivity contribution in [2.75, 3.05) is 28.0 Å². The predicted octanol–water partition coefficient (Wildman–Crippen LogP) is 5.93. The maximum absolute atomic E-state index is 12.8. The Labute approximate surface area is 229 Å². The van der Waals surface area contributed by atoms with Crippen molar-refractivity contribution in [2.45, 2.75) is 50.9 Å². The topological polar surface area (TPSA) is 98.7 Å². The lowest BCUT2D eigenvalue weighted by Gasteiger charge is -2.39. The van der Waals surface area contributed by atoms with Gasteiger partial charge in [0.15, 0.2) is 0 Å². The number of carbonyl (C=O) groups is 1. The molecule has 1 amide bonds. The number of hydrogen-bond acceptors (Lipinski definition) is 5. The number of anilines is 3. The van der Waals surface area contributed by atoms with Gasteiger partial charge in [-0.05, 0) is 106 Å². The largest absolute Gasteiger partial charge is 0.385 e. The highest BCUT2D eigenvalue weighted by atomic mass is 35.5. The summed E-state index contributed by atoms with van der Waals surface area (Å²) in [6.07, 6.45) is 1.21. The highest BCUT2D eigenvalue weighted by Crippen LogP contribution is 2.35. The van der Waals surface area contributed by atoms with Crippen LogP contribution in [0, 0.1) is 6.92 Å². The number of rotatable bonds is 6. The Morgan fingerprint density at radius 1 is 0.974 bits per heavy atom. The van der Waals surface area contributed by atoms with E-state index in [-0.39, 0.29) is 5.91 Å². The number of nitrogens with one attached hydrogen (secondary N) is 2. The molecular formula is C29H34ClN3O4S. The van der Waals surface area contributed by atoms with Crippen LogP contribution in [-0.4, -0.2) is 37.3 Å². The molecule has 1 saturated heterocycles. The maximum Gasteiger partial charge on any atom is 0.255 e. The summed E-state index contributed by atoms with van der Waals surface area (Å²) < 4.78 is 26.6. The molecule has 0 aliphatic carbocycles. The quantitative estimate of drug-likeness (QED) is 0.350. The van der Waals surface area contributed by atoms with Crippen LogP contribution in [0.3, 0.4) is 0 Å². The van der Waals surface area contributed by atoms with E-state index >= 15 is 0 Å². The Hall–Kier alpha value is -3.07. The zero-order chi connectivity index (χ0) is 27.7. The normalized spacial score (nSPS) is 15.7. The molecule has 0 unspecified atom stereocenters. The minimum absolute atomic E-state index is 0.280. The number of piperidine rings is 1. The Balaban J connectivity index is 1.37.